The molecule has 4 atom stereocenters. The van der Waals surface area contributed by atoms with Crippen LogP contribution < -0.4 is 0 Å². The van der Waals surface area contributed by atoms with Crippen LogP contribution in [0, 0.1) is 0 Å². The van der Waals surface area contributed by atoms with Crippen molar-refractivity contribution in [2.45, 2.75) is 37.3 Å². The van der Waals surface area contributed by atoms with Gasteiger partial charge in [-0.1, -0.05) is 48.5 Å². The van der Waals surface area contributed by atoms with Crippen LogP contribution in [0.3, 0.4) is 0 Å². The van der Waals surface area contributed by atoms with Gasteiger partial charge in [0.15, 0.2) is 0 Å². The molecule has 0 aliphatic carbocycles. The van der Waals surface area contributed by atoms with Crippen molar-refractivity contribution < 1.29 is 15.3 Å². The average Bonchev–Trinajstić information content (AvgIpc) is 2.93. The Bertz CT molecular complexity index is 897. The lowest BCUT2D eigenvalue weighted by molar-refractivity contribution is 0.0178. The van der Waals surface area contributed by atoms with E-state index in [4.69, 9.17) is 0 Å². The van der Waals surface area contributed by atoms with Crippen LogP contribution in [0.25, 0.3) is 10.9 Å². The second-order valence-corrected chi connectivity index (χ2v) is 7.15. The average molecular weight is 364 g/mol. The van der Waals surface area contributed by atoms with Crippen LogP contribution >= 0.6 is 0 Å². The first-order valence-electron chi connectivity index (χ1n) is 9.28. The summed E-state index contributed by atoms with van der Waals surface area (Å²) in [5, 5.41) is 32.1. The van der Waals surface area contributed by atoms with E-state index >= 15 is 0 Å². The van der Waals surface area contributed by atoms with Crippen molar-refractivity contribution in [2.24, 2.45) is 0 Å². The number of rotatable bonds is 5. The molecule has 0 amide bonds. The lowest BCUT2D eigenvalue weighted by Crippen LogP contribution is -2.41. The van der Waals surface area contributed by atoms with Crippen molar-refractivity contribution in [3.8, 4) is 0 Å². The maximum absolute atomic E-state index is 10.7. The number of hydrogen-bond acceptors (Lipinski definition) is 5. The van der Waals surface area contributed by atoms with Crippen LogP contribution in [0.4, 0.5) is 0 Å². The minimum absolute atomic E-state index is 0.202. The van der Waals surface area contributed by atoms with E-state index in [2.05, 4.69) is 4.98 Å². The molecule has 0 spiro atoms. The quantitative estimate of drug-likeness (QED) is 0.643. The highest BCUT2D eigenvalue weighted by Gasteiger charge is 2.46. The third kappa shape index (κ3) is 3.47. The van der Waals surface area contributed by atoms with Gasteiger partial charge >= 0.3 is 0 Å². The monoisotopic (exact) mass is 364 g/mol. The van der Waals surface area contributed by atoms with Gasteiger partial charge in [0, 0.05) is 24.2 Å². The van der Waals surface area contributed by atoms with E-state index < -0.39 is 18.2 Å². The number of nitrogens with zero attached hydrogens (tertiary/aromatic N) is 2. The second kappa shape index (κ2) is 7.74. The molecule has 0 saturated carbocycles. The van der Waals surface area contributed by atoms with E-state index in [-0.39, 0.29) is 12.6 Å². The van der Waals surface area contributed by atoms with Crippen LogP contribution in [-0.4, -0.2) is 56.1 Å². The Morgan fingerprint density at radius 1 is 0.852 bits per heavy atom. The molecule has 0 bridgehead atoms. The molecule has 140 valence electrons. The van der Waals surface area contributed by atoms with Gasteiger partial charge in [-0.25, -0.2) is 0 Å². The molecular formula is C22H24N2O3. The molecule has 3 N–H and O–H groups in total. The van der Waals surface area contributed by atoms with E-state index in [1.165, 1.54) is 0 Å². The molecule has 1 fully saturated rings. The number of aliphatic hydroxyl groups is 3. The third-order valence-corrected chi connectivity index (χ3v) is 5.56. The van der Waals surface area contributed by atoms with Crippen LogP contribution in [-0.2, 0) is 13.0 Å². The summed E-state index contributed by atoms with van der Waals surface area (Å²) in [6.45, 7) is 0.326. The highest BCUT2D eigenvalue weighted by molar-refractivity contribution is 5.81. The number of hydrogen-bond donors (Lipinski definition) is 3. The Kier molecular flexibility index (Phi) is 5.18. The number of para-hydroxylation sites is 1. The Morgan fingerprint density at radius 2 is 1.56 bits per heavy atom. The summed E-state index contributed by atoms with van der Waals surface area (Å²) in [5.41, 5.74) is 3.07. The predicted octanol–water partition coefficient (Wildman–Crippen LogP) is 1.74. The topological polar surface area (TPSA) is 76.8 Å². The van der Waals surface area contributed by atoms with Crippen molar-refractivity contribution in [3.63, 3.8) is 0 Å². The Morgan fingerprint density at radius 3 is 2.33 bits per heavy atom. The summed E-state index contributed by atoms with van der Waals surface area (Å²) in [5.74, 6) is 0. The van der Waals surface area contributed by atoms with Crippen molar-refractivity contribution in [1.29, 1.82) is 0 Å². The highest BCUT2D eigenvalue weighted by atomic mass is 16.3. The van der Waals surface area contributed by atoms with Gasteiger partial charge in [-0.15, -0.1) is 0 Å². The molecule has 1 saturated heterocycles. The fourth-order valence-electron chi connectivity index (χ4n) is 4.12. The van der Waals surface area contributed by atoms with Gasteiger partial charge in [0.2, 0.25) is 0 Å². The summed E-state index contributed by atoms with van der Waals surface area (Å²) < 4.78 is 0. The molecule has 2 heterocycles. The van der Waals surface area contributed by atoms with Gasteiger partial charge in [-0.2, -0.15) is 0 Å². The summed E-state index contributed by atoms with van der Waals surface area (Å²) in [4.78, 5) is 6.44. The number of likely N-dealkylation sites (tertiary alicyclic amines) is 1. The molecular weight excluding hydrogens is 340 g/mol. The number of benzene rings is 2. The zero-order valence-corrected chi connectivity index (χ0v) is 15.0. The summed E-state index contributed by atoms with van der Waals surface area (Å²) in [6, 6.07) is 19.1. The zero-order chi connectivity index (χ0) is 18.8. The van der Waals surface area contributed by atoms with E-state index in [0.717, 1.165) is 22.0 Å². The van der Waals surface area contributed by atoms with E-state index in [0.29, 0.717) is 13.0 Å². The zero-order valence-electron chi connectivity index (χ0n) is 15.0. The first kappa shape index (κ1) is 18.1. The lowest BCUT2D eigenvalue weighted by atomic mass is 10.0. The Labute approximate surface area is 158 Å². The van der Waals surface area contributed by atoms with Gasteiger partial charge in [0.25, 0.3) is 0 Å². The molecule has 5 nitrogen and oxygen atoms in total. The van der Waals surface area contributed by atoms with Gasteiger partial charge < -0.3 is 15.3 Å². The first-order valence-corrected chi connectivity index (χ1v) is 9.28. The molecule has 0 unspecified atom stereocenters. The van der Waals surface area contributed by atoms with Crippen LogP contribution in [0.5, 0.6) is 0 Å². The molecule has 3 aromatic rings. The minimum atomic E-state index is -0.975. The molecule has 1 aromatic heterocycles. The van der Waals surface area contributed by atoms with Gasteiger partial charge in [0.05, 0.1) is 30.4 Å². The van der Waals surface area contributed by atoms with Crippen LogP contribution in [0.15, 0.2) is 66.9 Å². The van der Waals surface area contributed by atoms with E-state index in [1.807, 2.05) is 65.6 Å². The largest absolute Gasteiger partial charge is 0.395 e. The molecule has 4 rings (SSSR count). The minimum Gasteiger partial charge on any atom is -0.395 e. The van der Waals surface area contributed by atoms with E-state index in [1.54, 1.807) is 6.20 Å². The van der Waals surface area contributed by atoms with Crippen molar-refractivity contribution in [3.05, 3.63) is 78.0 Å². The fraction of sp³-hybridized carbons (Fsp3) is 0.318. The van der Waals surface area contributed by atoms with Crippen molar-refractivity contribution >= 4 is 10.9 Å². The predicted molar refractivity (Wildman–Crippen MR) is 104 cm³/mol. The molecule has 1 aliphatic heterocycles. The smallest absolute Gasteiger partial charge is 0.0991 e. The van der Waals surface area contributed by atoms with Gasteiger partial charge in [-0.05, 0) is 29.7 Å². The van der Waals surface area contributed by atoms with Crippen LogP contribution in [0.2, 0.25) is 0 Å². The molecule has 1 aliphatic rings. The summed E-state index contributed by atoms with van der Waals surface area (Å²) in [7, 11) is 0. The maximum Gasteiger partial charge on any atom is 0.0991 e. The molecule has 0 radical (unpaired) electrons. The first-order chi connectivity index (χ1) is 13.2. The highest BCUT2D eigenvalue weighted by Crippen LogP contribution is 2.31. The van der Waals surface area contributed by atoms with E-state index in [9.17, 15) is 15.3 Å². The number of aromatic nitrogens is 1. The summed E-state index contributed by atoms with van der Waals surface area (Å²) >= 11 is 0. The van der Waals surface area contributed by atoms with Crippen molar-refractivity contribution in [1.82, 2.24) is 9.88 Å². The standard InChI is InChI=1S/C22H24N2O3/c25-14-20-22(27)21(26)19(12-15-6-2-1-3-7-15)24(20)13-16-10-11-23-18-9-5-4-8-17(16)18/h1-11,19-22,25-27H,12-14H2/t19-,20+,21-,22+/m0/s1. The normalized spacial score (nSPS) is 25.9. The van der Waals surface area contributed by atoms with Gasteiger partial charge in [0.1, 0.15) is 0 Å². The maximum atomic E-state index is 10.7. The molecule has 2 aromatic carbocycles. The third-order valence-electron chi connectivity index (χ3n) is 5.56. The SMILES string of the molecule is OC[C@@H]1[C@@H](O)[C@@H](O)[C@H](Cc2ccccc2)N1Cc1ccnc2ccccc12. The summed E-state index contributed by atoms with van der Waals surface area (Å²) in [6.07, 6.45) is 0.506. The van der Waals surface area contributed by atoms with Crippen molar-refractivity contribution in [2.75, 3.05) is 6.61 Å². The fourth-order valence-corrected chi connectivity index (χ4v) is 4.12. The lowest BCUT2D eigenvalue weighted by Gasteiger charge is -2.30. The number of fused-ring (bicyclic) bond motifs is 1. The second-order valence-electron chi connectivity index (χ2n) is 7.15. The molecule has 27 heavy (non-hydrogen) atoms. The number of aliphatic hydroxyl groups excluding tert-OH is 3. The number of pyridine rings is 1. The van der Waals surface area contributed by atoms with Gasteiger partial charge in [-0.3, -0.25) is 9.88 Å². The Balaban J connectivity index is 1.68. The Hall–Kier alpha value is -2.31. The van der Waals surface area contributed by atoms with Crippen LogP contribution in [0.1, 0.15) is 11.1 Å². The molecule has 5 heteroatoms.